The molecule has 28 heavy (non-hydrogen) atoms. The van der Waals surface area contributed by atoms with Crippen LogP contribution in [-0.2, 0) is 19.1 Å². The van der Waals surface area contributed by atoms with Crippen LogP contribution in [0.3, 0.4) is 0 Å². The van der Waals surface area contributed by atoms with Gasteiger partial charge in [-0.25, -0.2) is 4.79 Å². The first-order valence-corrected chi connectivity index (χ1v) is 8.78. The molecule has 9 heteroatoms. The van der Waals surface area contributed by atoms with Crippen LogP contribution in [0.1, 0.15) is 30.5 Å². The number of anilines is 1. The van der Waals surface area contributed by atoms with Gasteiger partial charge in [0.25, 0.3) is 5.56 Å². The number of fused-ring (bicyclic) bond motifs is 1. The summed E-state index contributed by atoms with van der Waals surface area (Å²) < 4.78 is 45.6. The zero-order chi connectivity index (χ0) is 20.5. The topological polar surface area (TPSA) is 74.4 Å². The maximum Gasteiger partial charge on any atom is 0.418 e. The van der Waals surface area contributed by atoms with Crippen molar-refractivity contribution in [2.45, 2.75) is 39.1 Å². The van der Waals surface area contributed by atoms with Crippen molar-refractivity contribution >= 4 is 11.7 Å². The number of rotatable bonds is 3. The molecule has 1 aliphatic rings. The van der Waals surface area contributed by atoms with Crippen molar-refractivity contribution in [3.63, 3.8) is 0 Å². The van der Waals surface area contributed by atoms with E-state index in [1.54, 1.807) is 19.9 Å². The molecule has 2 N–H and O–H groups in total. The first kappa shape index (κ1) is 19.8. The first-order valence-electron chi connectivity index (χ1n) is 8.78. The number of halogens is 3. The van der Waals surface area contributed by atoms with Crippen LogP contribution >= 0.6 is 0 Å². The number of benzene rings is 1. The Balaban J connectivity index is 1.82. The molecule has 0 radical (unpaired) electrons. The lowest BCUT2D eigenvalue weighted by atomic mass is 10.0. The molecule has 0 unspecified atom stereocenters. The molecule has 0 fully saturated rings. The lowest BCUT2D eigenvalue weighted by molar-refractivity contribution is -0.137. The third-order valence-electron chi connectivity index (χ3n) is 4.36. The number of aromatic amines is 1. The highest BCUT2D eigenvalue weighted by atomic mass is 19.4. The van der Waals surface area contributed by atoms with Gasteiger partial charge in [-0.15, -0.1) is 0 Å². The monoisotopic (exact) mass is 395 g/mol. The van der Waals surface area contributed by atoms with Gasteiger partial charge in [-0.3, -0.25) is 4.79 Å². The standard InChI is InChI=1S/C19H20F3N3O3/c1-11(2)28-13-3-4-16(15(9-13)19(20,21)22)24-18(27)25-8-6-12-5-7-23-17(26)14(12)10-25/h3-5,7,9,11H,6,8,10H2,1-2H3,(H,23,26)(H,24,27). The molecule has 150 valence electrons. The Hall–Kier alpha value is -2.97. The fourth-order valence-electron chi connectivity index (χ4n) is 3.06. The number of nitrogens with one attached hydrogen (secondary N) is 2. The van der Waals surface area contributed by atoms with Crippen LogP contribution in [0.5, 0.6) is 5.75 Å². The number of urea groups is 1. The van der Waals surface area contributed by atoms with Gasteiger partial charge < -0.3 is 19.9 Å². The number of aromatic nitrogens is 1. The van der Waals surface area contributed by atoms with Crippen LogP contribution in [0.2, 0.25) is 0 Å². The van der Waals surface area contributed by atoms with Gasteiger partial charge in [0.15, 0.2) is 0 Å². The van der Waals surface area contributed by atoms with Gasteiger partial charge >= 0.3 is 12.2 Å². The normalized spacial score (nSPS) is 14.0. The van der Waals surface area contributed by atoms with Gasteiger partial charge in [-0.05, 0) is 50.1 Å². The van der Waals surface area contributed by atoms with Crippen molar-refractivity contribution in [2.24, 2.45) is 0 Å². The Morgan fingerprint density at radius 2 is 2.04 bits per heavy atom. The number of H-pyrrole nitrogens is 1. The molecule has 3 rings (SSSR count). The highest BCUT2D eigenvalue weighted by molar-refractivity contribution is 5.90. The van der Waals surface area contributed by atoms with E-state index in [9.17, 15) is 22.8 Å². The summed E-state index contributed by atoms with van der Waals surface area (Å²) in [5.74, 6) is 0.0683. The summed E-state index contributed by atoms with van der Waals surface area (Å²) in [6.45, 7) is 3.75. The van der Waals surface area contributed by atoms with Crippen molar-refractivity contribution in [1.29, 1.82) is 0 Å². The molecule has 0 spiro atoms. The lowest BCUT2D eigenvalue weighted by Crippen LogP contribution is -2.41. The number of carbonyl (C=O) groups excluding carboxylic acids is 1. The molecule has 2 aromatic rings. The minimum absolute atomic E-state index is 0.0350. The van der Waals surface area contributed by atoms with E-state index in [0.29, 0.717) is 18.5 Å². The molecule has 6 nitrogen and oxygen atoms in total. The first-order chi connectivity index (χ1) is 13.1. The Morgan fingerprint density at radius 3 is 2.71 bits per heavy atom. The van der Waals surface area contributed by atoms with E-state index in [1.165, 1.54) is 23.2 Å². The van der Waals surface area contributed by atoms with Gasteiger partial charge in [0, 0.05) is 18.3 Å². The Kier molecular flexibility index (Phi) is 5.35. The summed E-state index contributed by atoms with van der Waals surface area (Å²) in [6.07, 6.45) is -2.95. The molecule has 2 amide bonds. The molecule has 2 heterocycles. The maximum atomic E-state index is 13.4. The molecule has 0 aliphatic carbocycles. The van der Waals surface area contributed by atoms with Gasteiger partial charge in [-0.1, -0.05) is 0 Å². The molecule has 0 saturated carbocycles. The predicted octanol–water partition coefficient (Wildman–Crippen LogP) is 3.77. The largest absolute Gasteiger partial charge is 0.491 e. The summed E-state index contributed by atoms with van der Waals surface area (Å²) in [5.41, 5.74) is -0.378. The average molecular weight is 395 g/mol. The zero-order valence-corrected chi connectivity index (χ0v) is 15.4. The maximum absolute atomic E-state index is 13.4. The third kappa shape index (κ3) is 4.29. The molecule has 1 aromatic heterocycles. The smallest absolute Gasteiger partial charge is 0.418 e. The van der Waals surface area contributed by atoms with Crippen LogP contribution < -0.4 is 15.6 Å². The van der Waals surface area contributed by atoms with Gasteiger partial charge in [0.1, 0.15) is 5.75 Å². The summed E-state index contributed by atoms with van der Waals surface area (Å²) >= 11 is 0. The van der Waals surface area contributed by atoms with Crippen molar-refractivity contribution in [2.75, 3.05) is 11.9 Å². The Morgan fingerprint density at radius 1 is 1.29 bits per heavy atom. The van der Waals surface area contributed by atoms with Crippen LogP contribution in [-0.4, -0.2) is 28.6 Å². The lowest BCUT2D eigenvalue weighted by Gasteiger charge is -2.28. The van der Waals surface area contributed by atoms with E-state index in [4.69, 9.17) is 4.74 Å². The summed E-state index contributed by atoms with van der Waals surface area (Å²) in [4.78, 5) is 28.3. The van der Waals surface area contributed by atoms with Gasteiger partial charge in [-0.2, -0.15) is 13.2 Å². The number of hydrogen-bond donors (Lipinski definition) is 2. The molecule has 1 aromatic carbocycles. The van der Waals surface area contributed by atoms with Crippen molar-refractivity contribution in [1.82, 2.24) is 9.88 Å². The Bertz CT molecular complexity index is 938. The molecule has 0 saturated heterocycles. The SMILES string of the molecule is CC(C)Oc1ccc(NC(=O)N2CCc3cc[nH]c(=O)c3C2)c(C(F)(F)F)c1. The minimum Gasteiger partial charge on any atom is -0.491 e. The highest BCUT2D eigenvalue weighted by Crippen LogP contribution is 2.37. The highest BCUT2D eigenvalue weighted by Gasteiger charge is 2.35. The van der Waals surface area contributed by atoms with Crippen LogP contribution in [0.4, 0.5) is 23.7 Å². The van der Waals surface area contributed by atoms with E-state index >= 15 is 0 Å². The van der Waals surface area contributed by atoms with Crippen molar-refractivity contribution < 1.29 is 22.7 Å². The van der Waals surface area contributed by atoms with Crippen LogP contribution in [0, 0.1) is 0 Å². The second-order valence-corrected chi connectivity index (χ2v) is 6.78. The van der Waals surface area contributed by atoms with Crippen LogP contribution in [0.15, 0.2) is 35.3 Å². The quantitative estimate of drug-likeness (QED) is 0.831. The molecule has 0 bridgehead atoms. The van der Waals surface area contributed by atoms with E-state index in [1.807, 2.05) is 0 Å². The number of hydrogen-bond acceptors (Lipinski definition) is 3. The number of carbonyl (C=O) groups is 1. The molecule has 0 atom stereocenters. The predicted molar refractivity (Wildman–Crippen MR) is 97.4 cm³/mol. The number of pyridine rings is 1. The van der Waals surface area contributed by atoms with Gasteiger partial charge in [0.2, 0.25) is 0 Å². The van der Waals surface area contributed by atoms with Crippen molar-refractivity contribution in [3.05, 3.63) is 57.5 Å². The van der Waals surface area contributed by atoms with E-state index in [-0.39, 0.29) is 29.6 Å². The Labute approximate surface area is 159 Å². The fraction of sp³-hybridized carbons (Fsp3) is 0.368. The second-order valence-electron chi connectivity index (χ2n) is 6.78. The molecule has 1 aliphatic heterocycles. The third-order valence-corrected chi connectivity index (χ3v) is 4.36. The summed E-state index contributed by atoms with van der Waals surface area (Å²) in [5, 5.41) is 2.32. The van der Waals surface area contributed by atoms with Crippen molar-refractivity contribution in [3.8, 4) is 5.75 Å². The van der Waals surface area contributed by atoms with E-state index in [0.717, 1.165) is 11.6 Å². The number of amides is 2. The average Bonchev–Trinajstić information content (AvgIpc) is 2.61. The van der Waals surface area contributed by atoms with Crippen LogP contribution in [0.25, 0.3) is 0 Å². The molecular formula is C19H20F3N3O3. The number of ether oxygens (including phenoxy) is 1. The summed E-state index contributed by atoms with van der Waals surface area (Å²) in [7, 11) is 0. The molecular weight excluding hydrogens is 375 g/mol. The van der Waals surface area contributed by atoms with E-state index < -0.39 is 17.8 Å². The minimum atomic E-state index is -4.66. The van der Waals surface area contributed by atoms with E-state index in [2.05, 4.69) is 10.3 Å². The van der Waals surface area contributed by atoms with Gasteiger partial charge in [0.05, 0.1) is 23.9 Å². The second kappa shape index (κ2) is 7.57. The zero-order valence-electron chi connectivity index (χ0n) is 15.4. The fourth-order valence-corrected chi connectivity index (χ4v) is 3.06. The summed E-state index contributed by atoms with van der Waals surface area (Å²) in [6, 6.07) is 4.48. The number of alkyl halides is 3. The number of nitrogens with zero attached hydrogens (tertiary/aromatic N) is 1.